The van der Waals surface area contributed by atoms with Crippen molar-refractivity contribution in [2.24, 2.45) is 23.7 Å². The summed E-state index contributed by atoms with van der Waals surface area (Å²) in [5.74, 6) is 0.836. The Morgan fingerprint density at radius 2 is 0.558 bits per heavy atom. The molecule has 0 rings (SSSR count). The van der Waals surface area contributed by atoms with Gasteiger partial charge in [-0.05, 0) is 49.4 Å². The largest absolute Gasteiger partial charge is 0.472 e. The number of aliphatic hydroxyl groups is 1. The van der Waals surface area contributed by atoms with E-state index in [2.05, 4.69) is 55.4 Å². The Hall–Kier alpha value is -1.94. The standard InChI is InChI=1S/C67H130O17P2/c1-9-59(7)45-37-29-21-15-11-12-16-22-31-39-47-64(69)77-53-62(84-67(72)50-42-34-24-18-20-28-36-44-58(5)6)55-81-85(73,74)79-51-61(68)52-80-86(75,76)82-56-63(54-78-65(70)48-40-32-26-25-30-38-46-60(8)10-2)83-66(71)49-41-33-23-17-13-14-19-27-35-43-57(3)4/h57-63,68H,9-56H2,1-8H3,(H,73,74)(H,75,76)/t59?,60?,61-,62-,63-/m1/s1. The van der Waals surface area contributed by atoms with Crippen LogP contribution < -0.4 is 0 Å². The fourth-order valence-corrected chi connectivity index (χ4v) is 11.5. The monoisotopic (exact) mass is 1270 g/mol. The predicted molar refractivity (Wildman–Crippen MR) is 344 cm³/mol. The van der Waals surface area contributed by atoms with Crippen molar-refractivity contribution in [1.29, 1.82) is 0 Å². The Kier molecular flexibility index (Phi) is 55.7. The molecule has 0 aromatic heterocycles. The maximum atomic E-state index is 13.0. The summed E-state index contributed by atoms with van der Waals surface area (Å²) in [4.78, 5) is 72.4. The van der Waals surface area contributed by atoms with E-state index in [9.17, 15) is 43.2 Å². The summed E-state index contributed by atoms with van der Waals surface area (Å²) in [6, 6.07) is 0. The highest BCUT2D eigenvalue weighted by Gasteiger charge is 2.30. The van der Waals surface area contributed by atoms with Crippen LogP contribution in [0.1, 0.15) is 325 Å². The fraction of sp³-hybridized carbons (Fsp3) is 0.940. The van der Waals surface area contributed by atoms with Crippen molar-refractivity contribution in [3.8, 4) is 0 Å². The van der Waals surface area contributed by atoms with E-state index < -0.39 is 97.5 Å². The molecule has 0 aliphatic rings. The van der Waals surface area contributed by atoms with Crippen LogP contribution in [0.25, 0.3) is 0 Å². The van der Waals surface area contributed by atoms with Crippen LogP contribution in [0, 0.1) is 23.7 Å². The molecule has 510 valence electrons. The number of rotatable bonds is 64. The van der Waals surface area contributed by atoms with Gasteiger partial charge < -0.3 is 33.8 Å². The highest BCUT2D eigenvalue weighted by molar-refractivity contribution is 7.47. The Balaban J connectivity index is 5.25. The highest BCUT2D eigenvalue weighted by atomic mass is 31.2. The lowest BCUT2D eigenvalue weighted by Crippen LogP contribution is -2.30. The van der Waals surface area contributed by atoms with Crippen LogP contribution in [0.15, 0.2) is 0 Å². The Morgan fingerprint density at radius 3 is 0.826 bits per heavy atom. The number of phosphoric ester groups is 2. The average molecular weight is 1270 g/mol. The summed E-state index contributed by atoms with van der Waals surface area (Å²) in [6.07, 6.45) is 37.6. The van der Waals surface area contributed by atoms with Gasteiger partial charge in [-0.2, -0.15) is 0 Å². The van der Waals surface area contributed by atoms with Gasteiger partial charge in [0.2, 0.25) is 0 Å². The van der Waals surface area contributed by atoms with Gasteiger partial charge in [-0.1, -0.05) is 274 Å². The van der Waals surface area contributed by atoms with Crippen LogP contribution in [0.3, 0.4) is 0 Å². The average Bonchev–Trinajstić information content (AvgIpc) is 3.52. The first-order valence-electron chi connectivity index (χ1n) is 34.8. The van der Waals surface area contributed by atoms with Gasteiger partial charge in [0.1, 0.15) is 19.3 Å². The van der Waals surface area contributed by atoms with Crippen LogP contribution in [0.2, 0.25) is 0 Å². The molecule has 0 heterocycles. The van der Waals surface area contributed by atoms with Gasteiger partial charge in [0.25, 0.3) is 0 Å². The van der Waals surface area contributed by atoms with Crippen LogP contribution >= 0.6 is 15.6 Å². The maximum Gasteiger partial charge on any atom is 0.472 e. The molecule has 0 amide bonds. The van der Waals surface area contributed by atoms with Crippen molar-refractivity contribution in [3.05, 3.63) is 0 Å². The zero-order chi connectivity index (χ0) is 63.9. The molecule has 19 heteroatoms. The van der Waals surface area contributed by atoms with Crippen LogP contribution in [-0.4, -0.2) is 96.7 Å². The molecule has 86 heavy (non-hydrogen) atoms. The zero-order valence-electron chi connectivity index (χ0n) is 55.9. The van der Waals surface area contributed by atoms with Crippen molar-refractivity contribution in [1.82, 2.24) is 0 Å². The van der Waals surface area contributed by atoms with Crippen LogP contribution in [-0.2, 0) is 65.4 Å². The molecule has 0 fully saturated rings. The smallest absolute Gasteiger partial charge is 0.462 e. The van der Waals surface area contributed by atoms with E-state index in [1.165, 1.54) is 122 Å². The Bertz CT molecular complexity index is 1720. The molecule has 3 N–H and O–H groups in total. The van der Waals surface area contributed by atoms with Gasteiger partial charge in [0.15, 0.2) is 12.2 Å². The molecule has 0 spiro atoms. The summed E-state index contributed by atoms with van der Waals surface area (Å²) < 4.78 is 68.1. The highest BCUT2D eigenvalue weighted by Crippen LogP contribution is 2.45. The molecule has 7 atom stereocenters. The number of unbranched alkanes of at least 4 members (excludes halogenated alkanes) is 28. The maximum absolute atomic E-state index is 13.0. The van der Waals surface area contributed by atoms with E-state index in [4.69, 9.17) is 37.0 Å². The minimum absolute atomic E-state index is 0.103. The number of phosphoric acid groups is 2. The van der Waals surface area contributed by atoms with E-state index in [1.54, 1.807) is 0 Å². The number of hydrogen-bond acceptors (Lipinski definition) is 15. The number of hydrogen-bond donors (Lipinski definition) is 3. The summed E-state index contributed by atoms with van der Waals surface area (Å²) in [7, 11) is -9.90. The second-order valence-corrected chi connectivity index (χ2v) is 28.6. The summed E-state index contributed by atoms with van der Waals surface area (Å²) in [5.41, 5.74) is 0. The molecule has 0 aromatic carbocycles. The fourth-order valence-electron chi connectivity index (χ4n) is 9.89. The zero-order valence-corrected chi connectivity index (χ0v) is 57.7. The lowest BCUT2D eigenvalue weighted by Gasteiger charge is -2.21. The lowest BCUT2D eigenvalue weighted by atomic mass is 9.99. The quantitative estimate of drug-likeness (QED) is 0.0222. The van der Waals surface area contributed by atoms with Gasteiger partial charge >= 0.3 is 39.5 Å². The molecule has 0 bridgehead atoms. The number of carbonyl (C=O) groups excluding carboxylic acids is 4. The SMILES string of the molecule is CCC(C)CCCCCCCCCCCCC(=O)OC[C@H](COP(=O)(O)OC[C@@H](O)COP(=O)(O)OC[C@@H](COC(=O)CCCCCCCCC(C)CC)OC(=O)CCCCCCCCCCCC(C)C)OC(=O)CCCCCCCCCC(C)C. The molecule has 0 aliphatic carbocycles. The molecule has 4 unspecified atom stereocenters. The molecule has 0 radical (unpaired) electrons. The first-order valence-corrected chi connectivity index (χ1v) is 37.8. The number of aliphatic hydroxyl groups excluding tert-OH is 1. The van der Waals surface area contributed by atoms with E-state index in [-0.39, 0.29) is 25.7 Å². The van der Waals surface area contributed by atoms with E-state index in [1.807, 2.05) is 0 Å². The Morgan fingerprint density at radius 1 is 0.326 bits per heavy atom. The molecule has 17 nitrogen and oxygen atoms in total. The Labute approximate surface area is 524 Å². The second-order valence-electron chi connectivity index (χ2n) is 25.6. The van der Waals surface area contributed by atoms with Crippen molar-refractivity contribution < 1.29 is 80.2 Å². The summed E-state index contributed by atoms with van der Waals surface area (Å²) in [5, 5.41) is 10.6. The molecule has 0 saturated carbocycles. The normalized spacial score (nSPS) is 15.0. The third-order valence-corrected chi connectivity index (χ3v) is 17.9. The van der Waals surface area contributed by atoms with Crippen molar-refractivity contribution >= 4 is 39.5 Å². The topological polar surface area (TPSA) is 237 Å². The van der Waals surface area contributed by atoms with Crippen LogP contribution in [0.4, 0.5) is 0 Å². The van der Waals surface area contributed by atoms with Gasteiger partial charge in [-0.15, -0.1) is 0 Å². The van der Waals surface area contributed by atoms with E-state index >= 15 is 0 Å². The number of ether oxygens (including phenoxy) is 4. The van der Waals surface area contributed by atoms with Gasteiger partial charge in [0.05, 0.1) is 26.4 Å². The predicted octanol–water partition coefficient (Wildman–Crippen LogP) is 18.5. The molecular formula is C67H130O17P2. The van der Waals surface area contributed by atoms with Crippen molar-refractivity contribution in [3.63, 3.8) is 0 Å². The van der Waals surface area contributed by atoms with Gasteiger partial charge in [-0.3, -0.25) is 37.3 Å². The minimum Gasteiger partial charge on any atom is -0.462 e. The molecular weight excluding hydrogens is 1140 g/mol. The lowest BCUT2D eigenvalue weighted by molar-refractivity contribution is -0.161. The first kappa shape index (κ1) is 84.1. The van der Waals surface area contributed by atoms with Gasteiger partial charge in [-0.25, -0.2) is 9.13 Å². The van der Waals surface area contributed by atoms with Crippen LogP contribution in [0.5, 0.6) is 0 Å². The number of esters is 4. The molecule has 0 saturated heterocycles. The third-order valence-electron chi connectivity index (χ3n) is 16.0. The summed E-state index contributed by atoms with van der Waals surface area (Å²) in [6.45, 7) is 14.0. The minimum atomic E-state index is -4.95. The second kappa shape index (κ2) is 57.0. The molecule has 0 aromatic rings. The third kappa shape index (κ3) is 58.4. The van der Waals surface area contributed by atoms with E-state index in [0.29, 0.717) is 31.6 Å². The molecule has 0 aliphatic heterocycles. The number of carbonyl (C=O) groups is 4. The van der Waals surface area contributed by atoms with Crippen molar-refractivity contribution in [2.75, 3.05) is 39.6 Å². The summed E-state index contributed by atoms with van der Waals surface area (Å²) >= 11 is 0. The van der Waals surface area contributed by atoms with Crippen molar-refractivity contribution in [2.45, 2.75) is 343 Å². The van der Waals surface area contributed by atoms with E-state index in [0.717, 1.165) is 114 Å². The first-order chi connectivity index (χ1) is 41.2. The van der Waals surface area contributed by atoms with Gasteiger partial charge in [0, 0.05) is 25.7 Å².